The standard InChI is InChI=1S/C10H18O.C7H6O3/c1-8-4-9(7-11)6-10(2,3)5-8;8-6-4-2-1-3-5(6)7(9)10/h7-9H,4-6H2,1-3H3;1-4,8H,(H,9,10). The highest BCUT2D eigenvalue weighted by Gasteiger charge is 2.31. The Morgan fingerprint density at radius 2 is 1.90 bits per heavy atom. The number of carbonyl (C=O) groups excluding carboxylic acids is 1. The second kappa shape index (κ2) is 7.25. The van der Waals surface area contributed by atoms with Gasteiger partial charge in [-0.1, -0.05) is 32.9 Å². The van der Waals surface area contributed by atoms with E-state index in [1.165, 1.54) is 18.6 Å². The van der Waals surface area contributed by atoms with Gasteiger partial charge in [-0.2, -0.15) is 0 Å². The summed E-state index contributed by atoms with van der Waals surface area (Å²) in [4.78, 5) is 20.9. The Morgan fingerprint density at radius 3 is 2.33 bits per heavy atom. The Morgan fingerprint density at radius 1 is 1.29 bits per heavy atom. The molecule has 1 aliphatic carbocycles. The molecule has 2 rings (SSSR count). The molecule has 0 aliphatic heterocycles. The Kier molecular flexibility index (Phi) is 5.94. The molecule has 2 unspecified atom stereocenters. The van der Waals surface area contributed by atoms with Gasteiger partial charge in [-0.15, -0.1) is 0 Å². The average molecular weight is 292 g/mol. The molecule has 0 spiro atoms. The van der Waals surface area contributed by atoms with Crippen LogP contribution < -0.4 is 0 Å². The summed E-state index contributed by atoms with van der Waals surface area (Å²) in [6, 6.07) is 5.81. The molecular formula is C17H24O4. The molecule has 1 aromatic rings. The van der Waals surface area contributed by atoms with Crippen molar-refractivity contribution in [2.45, 2.75) is 40.0 Å². The van der Waals surface area contributed by atoms with Gasteiger partial charge >= 0.3 is 5.97 Å². The molecule has 1 saturated carbocycles. The van der Waals surface area contributed by atoms with Gasteiger partial charge in [-0.3, -0.25) is 0 Å². The lowest BCUT2D eigenvalue weighted by Gasteiger charge is -2.36. The maximum atomic E-state index is 10.6. The van der Waals surface area contributed by atoms with Crippen molar-refractivity contribution in [3.05, 3.63) is 29.8 Å². The summed E-state index contributed by atoms with van der Waals surface area (Å²) >= 11 is 0. The van der Waals surface area contributed by atoms with Gasteiger partial charge in [-0.25, -0.2) is 4.79 Å². The number of para-hydroxylation sites is 1. The van der Waals surface area contributed by atoms with E-state index in [0.717, 1.165) is 25.0 Å². The lowest BCUT2D eigenvalue weighted by atomic mass is 9.68. The molecule has 2 N–H and O–H groups in total. The Hall–Kier alpha value is -1.84. The second-order valence-electron chi connectivity index (χ2n) is 6.63. The van der Waals surface area contributed by atoms with Crippen molar-refractivity contribution in [2.24, 2.45) is 17.3 Å². The largest absolute Gasteiger partial charge is 0.507 e. The molecule has 0 radical (unpaired) electrons. The molecule has 0 bridgehead atoms. The minimum Gasteiger partial charge on any atom is -0.507 e. The first-order valence-corrected chi connectivity index (χ1v) is 7.22. The number of carboxylic acids is 1. The first-order chi connectivity index (χ1) is 9.75. The van der Waals surface area contributed by atoms with Crippen LogP contribution in [0.3, 0.4) is 0 Å². The number of rotatable bonds is 2. The van der Waals surface area contributed by atoms with E-state index in [9.17, 15) is 9.59 Å². The molecule has 21 heavy (non-hydrogen) atoms. The number of hydrogen-bond donors (Lipinski definition) is 2. The molecule has 0 amide bonds. The fraction of sp³-hybridized carbons (Fsp3) is 0.529. The summed E-state index contributed by atoms with van der Waals surface area (Å²) < 4.78 is 0. The molecule has 1 fully saturated rings. The van der Waals surface area contributed by atoms with Crippen LogP contribution in [0.2, 0.25) is 0 Å². The predicted octanol–water partition coefficient (Wildman–Crippen LogP) is 3.74. The number of benzene rings is 1. The fourth-order valence-electron chi connectivity index (χ4n) is 3.18. The number of aldehydes is 1. The number of hydrogen-bond acceptors (Lipinski definition) is 3. The Labute approximate surface area is 125 Å². The summed E-state index contributed by atoms with van der Waals surface area (Å²) in [5.41, 5.74) is 0.325. The van der Waals surface area contributed by atoms with Crippen LogP contribution >= 0.6 is 0 Å². The predicted molar refractivity (Wildman–Crippen MR) is 81.4 cm³/mol. The monoisotopic (exact) mass is 292 g/mol. The first kappa shape index (κ1) is 17.2. The molecule has 0 saturated heterocycles. The molecule has 1 aromatic carbocycles. The number of carboxylic acid groups (broad SMARTS) is 1. The summed E-state index contributed by atoms with van der Waals surface area (Å²) in [6.45, 7) is 6.77. The van der Waals surface area contributed by atoms with Crippen LogP contribution in [0, 0.1) is 17.3 Å². The first-order valence-electron chi connectivity index (χ1n) is 7.22. The third kappa shape index (κ3) is 5.58. The summed E-state index contributed by atoms with van der Waals surface area (Å²) in [5.74, 6) is -0.254. The summed E-state index contributed by atoms with van der Waals surface area (Å²) in [6.07, 6.45) is 4.60. The van der Waals surface area contributed by atoms with Crippen LogP contribution in [-0.2, 0) is 4.79 Å². The van der Waals surface area contributed by atoms with Crippen LogP contribution in [0.5, 0.6) is 5.75 Å². The number of phenols is 1. The van der Waals surface area contributed by atoms with Crippen LogP contribution in [0.4, 0.5) is 0 Å². The smallest absolute Gasteiger partial charge is 0.339 e. The normalized spacial score (nSPS) is 23.6. The molecule has 4 heteroatoms. The quantitative estimate of drug-likeness (QED) is 0.814. The van der Waals surface area contributed by atoms with E-state index in [-0.39, 0.29) is 11.3 Å². The zero-order valence-corrected chi connectivity index (χ0v) is 12.9. The van der Waals surface area contributed by atoms with Crippen molar-refractivity contribution in [1.82, 2.24) is 0 Å². The summed E-state index contributed by atoms with van der Waals surface area (Å²) in [5, 5.41) is 17.3. The molecular weight excluding hydrogens is 268 g/mol. The molecule has 0 heterocycles. The number of aromatic carboxylic acids is 1. The van der Waals surface area contributed by atoms with E-state index in [1.54, 1.807) is 12.1 Å². The molecule has 1 aliphatic rings. The lowest BCUT2D eigenvalue weighted by Crippen LogP contribution is -2.28. The van der Waals surface area contributed by atoms with Crippen molar-refractivity contribution < 1.29 is 19.8 Å². The minimum atomic E-state index is -1.11. The van der Waals surface area contributed by atoms with E-state index < -0.39 is 5.97 Å². The van der Waals surface area contributed by atoms with E-state index in [1.807, 2.05) is 0 Å². The van der Waals surface area contributed by atoms with Crippen molar-refractivity contribution in [1.29, 1.82) is 0 Å². The van der Waals surface area contributed by atoms with Crippen LogP contribution in [-0.4, -0.2) is 22.5 Å². The SMILES string of the molecule is CC1CC(C=O)CC(C)(C)C1.O=C(O)c1ccccc1O. The Bertz CT molecular complexity index is 493. The van der Waals surface area contributed by atoms with Gasteiger partial charge in [0.05, 0.1) is 0 Å². The molecule has 0 aromatic heterocycles. The van der Waals surface area contributed by atoms with Crippen LogP contribution in [0.15, 0.2) is 24.3 Å². The van der Waals surface area contributed by atoms with Crippen molar-refractivity contribution in [3.63, 3.8) is 0 Å². The third-order valence-electron chi connectivity index (χ3n) is 3.75. The van der Waals surface area contributed by atoms with Gasteiger partial charge in [0.2, 0.25) is 0 Å². The zero-order valence-electron chi connectivity index (χ0n) is 12.9. The molecule has 2 atom stereocenters. The topological polar surface area (TPSA) is 74.6 Å². The lowest BCUT2D eigenvalue weighted by molar-refractivity contribution is -0.113. The van der Waals surface area contributed by atoms with Gasteiger partial charge in [0, 0.05) is 5.92 Å². The zero-order chi connectivity index (χ0) is 16.0. The van der Waals surface area contributed by atoms with Crippen molar-refractivity contribution >= 4 is 12.3 Å². The van der Waals surface area contributed by atoms with E-state index in [4.69, 9.17) is 10.2 Å². The van der Waals surface area contributed by atoms with Crippen molar-refractivity contribution in [3.8, 4) is 5.75 Å². The van der Waals surface area contributed by atoms with Gasteiger partial charge in [-0.05, 0) is 42.7 Å². The highest BCUT2D eigenvalue weighted by molar-refractivity contribution is 5.90. The fourth-order valence-corrected chi connectivity index (χ4v) is 3.18. The minimum absolute atomic E-state index is 0.0671. The van der Waals surface area contributed by atoms with Crippen molar-refractivity contribution in [2.75, 3.05) is 0 Å². The van der Waals surface area contributed by atoms with E-state index in [2.05, 4.69) is 20.8 Å². The van der Waals surface area contributed by atoms with E-state index >= 15 is 0 Å². The molecule has 116 valence electrons. The van der Waals surface area contributed by atoms with Crippen LogP contribution in [0.1, 0.15) is 50.4 Å². The van der Waals surface area contributed by atoms with Crippen LogP contribution in [0.25, 0.3) is 0 Å². The average Bonchev–Trinajstić information content (AvgIpc) is 2.37. The summed E-state index contributed by atoms with van der Waals surface area (Å²) in [7, 11) is 0. The number of carbonyl (C=O) groups is 2. The Balaban J connectivity index is 0.000000211. The highest BCUT2D eigenvalue weighted by Crippen LogP contribution is 2.40. The third-order valence-corrected chi connectivity index (χ3v) is 3.75. The van der Waals surface area contributed by atoms with E-state index in [0.29, 0.717) is 11.3 Å². The maximum absolute atomic E-state index is 10.6. The molecule has 4 nitrogen and oxygen atoms in total. The second-order valence-corrected chi connectivity index (χ2v) is 6.63. The number of aromatic hydroxyl groups is 1. The van der Waals surface area contributed by atoms with Gasteiger partial charge in [0.15, 0.2) is 0 Å². The maximum Gasteiger partial charge on any atom is 0.339 e. The van der Waals surface area contributed by atoms with Gasteiger partial charge < -0.3 is 15.0 Å². The van der Waals surface area contributed by atoms with Gasteiger partial charge in [0.25, 0.3) is 0 Å². The highest BCUT2D eigenvalue weighted by atomic mass is 16.4. The van der Waals surface area contributed by atoms with Gasteiger partial charge in [0.1, 0.15) is 17.6 Å².